The van der Waals surface area contributed by atoms with Gasteiger partial charge in [0, 0.05) is 5.57 Å². The van der Waals surface area contributed by atoms with Crippen LogP contribution in [0.25, 0.3) is 0 Å². The third-order valence-corrected chi connectivity index (χ3v) is 1.05. The van der Waals surface area contributed by atoms with Crippen LogP contribution in [0.3, 0.4) is 0 Å². The number of hydrogen-bond acceptors (Lipinski definition) is 4. The summed E-state index contributed by atoms with van der Waals surface area (Å²) in [6, 6.07) is 0. The van der Waals surface area contributed by atoms with Gasteiger partial charge in [-0.25, -0.2) is 4.79 Å². The normalized spacial score (nSPS) is 7.14. The van der Waals surface area contributed by atoms with E-state index in [0.29, 0.717) is 12.0 Å². The smallest absolute Gasteiger partial charge is 0.348 e. The van der Waals surface area contributed by atoms with E-state index in [9.17, 15) is 9.59 Å². The Hall–Kier alpha value is -2.09. The van der Waals surface area contributed by atoms with Gasteiger partial charge < -0.3 is 10.5 Å². The Morgan fingerprint density at radius 2 is 2.07 bits per heavy atom. The molecule has 0 fully saturated rings. The molecule has 1 amide bonds. The number of nitriles is 1. The van der Waals surface area contributed by atoms with E-state index in [1.54, 1.807) is 6.92 Å². The summed E-state index contributed by atoms with van der Waals surface area (Å²) in [4.78, 5) is 19.9. The van der Waals surface area contributed by atoms with Crippen molar-refractivity contribution in [3.8, 4) is 6.26 Å². The zero-order chi connectivity index (χ0) is 11.6. The topological polar surface area (TPSA) is 93.2 Å². The summed E-state index contributed by atoms with van der Waals surface area (Å²) >= 11 is 0. The summed E-state index contributed by atoms with van der Waals surface area (Å²) < 4.78 is 3.96. The van der Waals surface area contributed by atoms with Gasteiger partial charge in [0.15, 0.2) is 0 Å². The van der Waals surface area contributed by atoms with Crippen molar-refractivity contribution < 1.29 is 14.3 Å². The van der Waals surface area contributed by atoms with Crippen LogP contribution in [-0.2, 0) is 14.3 Å². The minimum atomic E-state index is -0.639. The molecule has 0 aliphatic carbocycles. The minimum absolute atomic E-state index is 0.316. The summed E-state index contributed by atoms with van der Waals surface area (Å²) in [5, 5.41) is 7.85. The predicted octanol–water partition coefficient (Wildman–Crippen LogP) is 0.635. The lowest BCUT2D eigenvalue weighted by Gasteiger charge is -1.92. The van der Waals surface area contributed by atoms with E-state index < -0.39 is 11.9 Å². The maximum absolute atomic E-state index is 10.4. The van der Waals surface area contributed by atoms with Crippen molar-refractivity contribution in [2.45, 2.75) is 13.3 Å². The summed E-state index contributed by atoms with van der Waals surface area (Å²) in [7, 11) is 0. The van der Waals surface area contributed by atoms with Crippen molar-refractivity contribution in [2.24, 2.45) is 5.73 Å². The van der Waals surface area contributed by atoms with Gasteiger partial charge in [-0.2, -0.15) is 0 Å². The van der Waals surface area contributed by atoms with E-state index in [0.717, 1.165) is 6.08 Å². The Bertz CT molecular complexity index is 276. The van der Waals surface area contributed by atoms with Crippen LogP contribution in [0.4, 0.5) is 0 Å². The van der Waals surface area contributed by atoms with Crippen LogP contribution in [0.2, 0.25) is 0 Å². The first-order valence-corrected chi connectivity index (χ1v) is 3.69. The molecule has 0 unspecified atom stereocenters. The zero-order valence-corrected chi connectivity index (χ0v) is 7.95. The van der Waals surface area contributed by atoms with E-state index in [1.165, 1.54) is 6.26 Å². The van der Waals surface area contributed by atoms with Crippen LogP contribution in [0.5, 0.6) is 0 Å². The van der Waals surface area contributed by atoms with Crippen molar-refractivity contribution in [2.75, 3.05) is 0 Å². The lowest BCUT2D eigenvalue weighted by molar-refractivity contribution is -0.132. The molecule has 0 aliphatic heterocycles. The first-order valence-electron chi connectivity index (χ1n) is 3.69. The fourth-order valence-corrected chi connectivity index (χ4v) is 0.258. The van der Waals surface area contributed by atoms with Gasteiger partial charge in [0.2, 0.25) is 5.91 Å². The Labute approximate surface area is 82.5 Å². The molecule has 5 nitrogen and oxygen atoms in total. The second-order valence-electron chi connectivity index (χ2n) is 2.04. The maximum Gasteiger partial charge on any atom is 0.348 e. The van der Waals surface area contributed by atoms with Crippen LogP contribution >= 0.6 is 0 Å². The van der Waals surface area contributed by atoms with Crippen molar-refractivity contribution in [3.63, 3.8) is 0 Å². The zero-order valence-electron chi connectivity index (χ0n) is 7.95. The number of rotatable bonds is 3. The van der Waals surface area contributed by atoms with Gasteiger partial charge in [-0.05, 0) is 12.5 Å². The molecular weight excluding hydrogens is 184 g/mol. The first-order chi connectivity index (χ1) is 6.49. The molecule has 0 aliphatic rings. The Morgan fingerprint density at radius 3 is 2.29 bits per heavy atom. The summed E-state index contributed by atoms with van der Waals surface area (Å²) in [6.07, 6.45) is 2.84. The number of amides is 1. The third-order valence-electron chi connectivity index (χ3n) is 1.05. The van der Waals surface area contributed by atoms with Gasteiger partial charge in [-0.15, -0.1) is 5.26 Å². The molecule has 0 heterocycles. The number of esters is 1. The molecule has 0 aromatic rings. The molecule has 0 spiro atoms. The molecule has 0 saturated carbocycles. The first kappa shape index (κ1) is 14.4. The van der Waals surface area contributed by atoms with Crippen LogP contribution in [0, 0.1) is 11.5 Å². The SMILES string of the molecule is C=C(CC)C(=O)OC#N.C=CC(N)=O. The van der Waals surface area contributed by atoms with Crippen LogP contribution in [-0.4, -0.2) is 11.9 Å². The minimum Gasteiger partial charge on any atom is -0.366 e. The van der Waals surface area contributed by atoms with Gasteiger partial charge in [-0.3, -0.25) is 4.79 Å². The monoisotopic (exact) mass is 196 g/mol. The number of nitrogens with zero attached hydrogens (tertiary/aromatic N) is 1. The van der Waals surface area contributed by atoms with Crippen molar-refractivity contribution in [3.05, 3.63) is 24.8 Å². The van der Waals surface area contributed by atoms with Gasteiger partial charge in [-0.1, -0.05) is 20.1 Å². The number of primary amides is 1. The highest BCUT2D eigenvalue weighted by Gasteiger charge is 2.03. The van der Waals surface area contributed by atoms with E-state index in [-0.39, 0.29) is 0 Å². The van der Waals surface area contributed by atoms with Gasteiger partial charge in [0.25, 0.3) is 6.26 Å². The Morgan fingerprint density at radius 1 is 1.64 bits per heavy atom. The van der Waals surface area contributed by atoms with Crippen molar-refractivity contribution in [1.29, 1.82) is 5.26 Å². The van der Waals surface area contributed by atoms with Gasteiger partial charge in [0.1, 0.15) is 0 Å². The lowest BCUT2D eigenvalue weighted by atomic mass is 10.2. The molecule has 76 valence electrons. The molecule has 5 heteroatoms. The predicted molar refractivity (Wildman–Crippen MR) is 50.5 cm³/mol. The van der Waals surface area contributed by atoms with E-state index in [1.807, 2.05) is 0 Å². The van der Waals surface area contributed by atoms with Gasteiger partial charge >= 0.3 is 5.97 Å². The van der Waals surface area contributed by atoms with Crippen LogP contribution < -0.4 is 5.73 Å². The lowest BCUT2D eigenvalue weighted by Crippen LogP contribution is -2.04. The number of carbonyl (C=O) groups excluding carboxylic acids is 2. The molecular formula is C9H12N2O3. The Kier molecular flexibility index (Phi) is 9.28. The molecule has 0 saturated heterocycles. The Balaban J connectivity index is 0. The molecule has 0 atom stereocenters. The third kappa shape index (κ3) is 9.91. The molecule has 0 radical (unpaired) electrons. The molecule has 0 rings (SSSR count). The number of ether oxygens (including phenoxy) is 1. The number of nitrogens with two attached hydrogens (primary N) is 1. The highest BCUT2D eigenvalue weighted by atomic mass is 16.5. The highest BCUT2D eigenvalue weighted by Crippen LogP contribution is 1.97. The maximum atomic E-state index is 10.4. The summed E-state index contributed by atoms with van der Waals surface area (Å²) in [6.45, 7) is 8.22. The molecule has 0 aromatic carbocycles. The van der Waals surface area contributed by atoms with Gasteiger partial charge in [0.05, 0.1) is 0 Å². The fourth-order valence-electron chi connectivity index (χ4n) is 0.258. The second kappa shape index (κ2) is 9.00. The number of hydrogen-bond donors (Lipinski definition) is 1. The molecule has 2 N–H and O–H groups in total. The number of carbonyl (C=O) groups is 2. The average molecular weight is 196 g/mol. The molecule has 0 aromatic heterocycles. The quantitative estimate of drug-likeness (QED) is 0.407. The molecule has 0 bridgehead atoms. The van der Waals surface area contributed by atoms with Crippen LogP contribution in [0.15, 0.2) is 24.8 Å². The summed E-state index contributed by atoms with van der Waals surface area (Å²) in [5.41, 5.74) is 4.85. The standard InChI is InChI=1S/C6H7NO2.C3H5NO/c1-3-5(2)6(8)9-4-7;1-2-3(4)5/h2-3H2,1H3;2H,1H2,(H2,4,5). The fraction of sp³-hybridized carbons (Fsp3) is 0.222. The van der Waals surface area contributed by atoms with Crippen LogP contribution in [0.1, 0.15) is 13.3 Å². The van der Waals surface area contributed by atoms with E-state index in [2.05, 4.69) is 23.6 Å². The largest absolute Gasteiger partial charge is 0.366 e. The van der Waals surface area contributed by atoms with E-state index in [4.69, 9.17) is 5.26 Å². The van der Waals surface area contributed by atoms with E-state index >= 15 is 0 Å². The van der Waals surface area contributed by atoms with Crippen molar-refractivity contribution >= 4 is 11.9 Å². The van der Waals surface area contributed by atoms with Crippen molar-refractivity contribution in [1.82, 2.24) is 0 Å². The second-order valence-corrected chi connectivity index (χ2v) is 2.04. The summed E-state index contributed by atoms with van der Waals surface area (Å²) in [5.74, 6) is -1.12. The average Bonchev–Trinajstić information content (AvgIpc) is 2.17. The highest BCUT2D eigenvalue weighted by molar-refractivity contribution is 5.88. The molecule has 14 heavy (non-hydrogen) atoms.